The zero-order chi connectivity index (χ0) is 9.97. The highest BCUT2D eigenvalue weighted by Crippen LogP contribution is 2.17. The third-order valence-corrected chi connectivity index (χ3v) is 2.34. The van der Waals surface area contributed by atoms with E-state index in [4.69, 9.17) is 0 Å². The van der Waals surface area contributed by atoms with E-state index < -0.39 is 0 Å². The molecule has 0 atom stereocenters. The average molecular weight is 189 g/mol. The summed E-state index contributed by atoms with van der Waals surface area (Å²) in [4.78, 5) is 24.2. The Morgan fingerprint density at radius 1 is 0.929 bits per heavy atom. The van der Waals surface area contributed by atoms with E-state index in [9.17, 15) is 9.59 Å². The summed E-state index contributed by atoms with van der Waals surface area (Å²) in [5.74, 6) is -0.146. The summed E-state index contributed by atoms with van der Waals surface area (Å²) >= 11 is 0. The fourth-order valence-corrected chi connectivity index (χ4v) is 1.65. The number of carbonyl (C=O) groups excluding carboxylic acids is 2. The van der Waals surface area contributed by atoms with E-state index in [1.54, 1.807) is 0 Å². The van der Waals surface area contributed by atoms with Gasteiger partial charge in [-0.05, 0) is 0 Å². The van der Waals surface area contributed by atoms with Crippen molar-refractivity contribution in [3.05, 3.63) is 36.5 Å². The van der Waals surface area contributed by atoms with Crippen molar-refractivity contribution in [2.75, 3.05) is 0 Å². The lowest BCUT2D eigenvalue weighted by Crippen LogP contribution is -2.36. The molecule has 0 N–H and O–H groups in total. The van der Waals surface area contributed by atoms with Crippen molar-refractivity contribution in [3.63, 3.8) is 0 Å². The first-order valence-electron chi connectivity index (χ1n) is 4.65. The van der Waals surface area contributed by atoms with Crippen LogP contribution in [0.3, 0.4) is 0 Å². The van der Waals surface area contributed by atoms with Crippen molar-refractivity contribution in [1.82, 2.24) is 4.90 Å². The number of hydrogen-bond acceptors (Lipinski definition) is 2. The average Bonchev–Trinajstić information content (AvgIpc) is 2.45. The van der Waals surface area contributed by atoms with Gasteiger partial charge in [0.05, 0.1) is 6.04 Å². The van der Waals surface area contributed by atoms with Crippen LogP contribution in [0, 0.1) is 0 Å². The lowest BCUT2D eigenvalue weighted by Gasteiger charge is -2.19. The Hall–Kier alpha value is -1.64. The fourth-order valence-electron chi connectivity index (χ4n) is 1.65. The Morgan fingerprint density at radius 3 is 1.93 bits per heavy atom. The number of rotatable bonds is 1. The minimum atomic E-state index is -0.201. The van der Waals surface area contributed by atoms with Crippen LogP contribution in [-0.4, -0.2) is 22.8 Å². The van der Waals surface area contributed by atoms with Crippen LogP contribution in [0.1, 0.15) is 12.8 Å². The Labute approximate surface area is 82.4 Å². The zero-order valence-electron chi connectivity index (χ0n) is 7.72. The fraction of sp³-hybridized carbons (Fsp3) is 0.273. The molecular weight excluding hydrogens is 178 g/mol. The molecule has 1 aliphatic heterocycles. The van der Waals surface area contributed by atoms with Gasteiger partial charge in [-0.3, -0.25) is 14.5 Å². The lowest BCUT2D eigenvalue weighted by molar-refractivity contribution is -0.139. The molecule has 0 saturated carbocycles. The Kier molecular flexibility index (Phi) is 2.31. The van der Waals surface area contributed by atoms with Crippen LogP contribution >= 0.6 is 0 Å². The van der Waals surface area contributed by atoms with Gasteiger partial charge in [0, 0.05) is 12.8 Å². The highest BCUT2D eigenvalue weighted by molar-refractivity contribution is 6.02. The molecule has 3 nitrogen and oxygen atoms in total. The number of amides is 2. The van der Waals surface area contributed by atoms with E-state index in [1.807, 2.05) is 36.5 Å². The summed E-state index contributed by atoms with van der Waals surface area (Å²) in [6, 6.07) is -0.201. The van der Waals surface area contributed by atoms with E-state index in [0.717, 1.165) is 0 Å². The predicted molar refractivity (Wildman–Crippen MR) is 52.3 cm³/mol. The minimum absolute atomic E-state index is 0.0730. The molecule has 0 aromatic rings. The van der Waals surface area contributed by atoms with Crippen LogP contribution in [0.25, 0.3) is 0 Å². The summed E-state index contributed by atoms with van der Waals surface area (Å²) in [5, 5.41) is 0. The molecular formula is C11H11NO2. The summed E-state index contributed by atoms with van der Waals surface area (Å²) in [5.41, 5.74) is 0. The van der Waals surface area contributed by atoms with E-state index >= 15 is 0 Å². The van der Waals surface area contributed by atoms with Gasteiger partial charge in [-0.25, -0.2) is 0 Å². The Balaban J connectivity index is 2.22. The molecule has 0 bridgehead atoms. The monoisotopic (exact) mass is 189 g/mol. The molecule has 0 aromatic heterocycles. The number of nitrogens with zero attached hydrogens (tertiary/aromatic N) is 1. The third-order valence-electron chi connectivity index (χ3n) is 2.34. The summed E-state index contributed by atoms with van der Waals surface area (Å²) in [7, 11) is 0. The van der Waals surface area contributed by atoms with Crippen LogP contribution < -0.4 is 0 Å². The number of hydrogen-bond donors (Lipinski definition) is 0. The number of likely N-dealkylation sites (tertiary alicyclic amines) is 1. The topological polar surface area (TPSA) is 37.4 Å². The van der Waals surface area contributed by atoms with Gasteiger partial charge >= 0.3 is 0 Å². The van der Waals surface area contributed by atoms with Crippen LogP contribution in [0.2, 0.25) is 0 Å². The van der Waals surface area contributed by atoms with Gasteiger partial charge in [0.15, 0.2) is 0 Å². The summed E-state index contributed by atoms with van der Waals surface area (Å²) in [6.07, 6.45) is 11.9. The van der Waals surface area contributed by atoms with Gasteiger partial charge in [0.1, 0.15) is 0 Å². The second-order valence-electron chi connectivity index (χ2n) is 3.30. The van der Waals surface area contributed by atoms with Crippen molar-refractivity contribution < 1.29 is 9.59 Å². The molecule has 0 radical (unpaired) electrons. The second-order valence-corrected chi connectivity index (χ2v) is 3.30. The van der Waals surface area contributed by atoms with Crippen LogP contribution in [-0.2, 0) is 9.59 Å². The molecule has 2 rings (SSSR count). The smallest absolute Gasteiger partial charge is 0.230 e. The van der Waals surface area contributed by atoms with Crippen molar-refractivity contribution >= 4 is 11.8 Å². The SMILES string of the molecule is O=C1CCC(=O)N1C1C=CC=CC=C1. The van der Waals surface area contributed by atoms with Gasteiger partial charge in [-0.2, -0.15) is 0 Å². The Bertz CT molecular complexity index is 320. The molecule has 1 saturated heterocycles. The molecule has 1 fully saturated rings. The van der Waals surface area contributed by atoms with Gasteiger partial charge in [0.2, 0.25) is 11.8 Å². The highest BCUT2D eigenvalue weighted by atomic mass is 16.2. The van der Waals surface area contributed by atoms with Crippen LogP contribution in [0.4, 0.5) is 0 Å². The third kappa shape index (κ3) is 1.53. The van der Waals surface area contributed by atoms with E-state index in [1.165, 1.54) is 4.90 Å². The maximum Gasteiger partial charge on any atom is 0.230 e. The van der Waals surface area contributed by atoms with Gasteiger partial charge in [-0.1, -0.05) is 36.5 Å². The highest BCUT2D eigenvalue weighted by Gasteiger charge is 2.32. The van der Waals surface area contributed by atoms with Crippen LogP contribution in [0.15, 0.2) is 36.5 Å². The van der Waals surface area contributed by atoms with E-state index in [-0.39, 0.29) is 17.9 Å². The number of allylic oxidation sites excluding steroid dienone is 4. The molecule has 1 aliphatic carbocycles. The maximum atomic E-state index is 11.4. The van der Waals surface area contributed by atoms with Crippen molar-refractivity contribution in [2.24, 2.45) is 0 Å². The summed E-state index contributed by atoms with van der Waals surface area (Å²) < 4.78 is 0. The normalized spacial score (nSPS) is 22.1. The van der Waals surface area contributed by atoms with Crippen molar-refractivity contribution in [3.8, 4) is 0 Å². The molecule has 72 valence electrons. The van der Waals surface area contributed by atoms with E-state index in [0.29, 0.717) is 12.8 Å². The number of carbonyl (C=O) groups is 2. The van der Waals surface area contributed by atoms with Gasteiger partial charge < -0.3 is 0 Å². The second kappa shape index (κ2) is 3.62. The van der Waals surface area contributed by atoms with Crippen LogP contribution in [0.5, 0.6) is 0 Å². The van der Waals surface area contributed by atoms with E-state index in [2.05, 4.69) is 0 Å². The minimum Gasteiger partial charge on any atom is -0.274 e. The summed E-state index contributed by atoms with van der Waals surface area (Å²) in [6.45, 7) is 0. The standard InChI is InChI=1S/C11H11NO2/c13-10-7-8-11(14)12(10)9-5-3-1-2-4-6-9/h1-6,9H,7-8H2. The number of imide groups is 1. The lowest BCUT2D eigenvalue weighted by atomic mass is 10.2. The van der Waals surface area contributed by atoms with Gasteiger partial charge in [-0.15, -0.1) is 0 Å². The molecule has 2 amide bonds. The molecule has 0 spiro atoms. The predicted octanol–water partition coefficient (Wildman–Crippen LogP) is 1.19. The van der Waals surface area contributed by atoms with Crippen molar-refractivity contribution in [1.29, 1.82) is 0 Å². The first-order chi connectivity index (χ1) is 6.79. The Morgan fingerprint density at radius 2 is 1.43 bits per heavy atom. The molecule has 0 unspecified atom stereocenters. The largest absolute Gasteiger partial charge is 0.274 e. The molecule has 3 heteroatoms. The van der Waals surface area contributed by atoms with Crippen molar-refractivity contribution in [2.45, 2.75) is 18.9 Å². The molecule has 2 aliphatic rings. The first-order valence-corrected chi connectivity index (χ1v) is 4.65. The van der Waals surface area contributed by atoms with Gasteiger partial charge in [0.25, 0.3) is 0 Å². The maximum absolute atomic E-state index is 11.4. The first kappa shape index (κ1) is 8.94. The molecule has 1 heterocycles. The zero-order valence-corrected chi connectivity index (χ0v) is 7.72. The quantitative estimate of drug-likeness (QED) is 0.581. The molecule has 0 aromatic carbocycles. The molecule has 14 heavy (non-hydrogen) atoms.